The number of fused-ring (bicyclic) bond motifs is 2. The Morgan fingerprint density at radius 1 is 0.611 bits per heavy atom. The number of imidazole rings is 2. The van der Waals surface area contributed by atoms with Crippen LogP contribution in [0.1, 0.15) is 30.7 Å². The molecular formula is C39H29Br2Cl4IN6O2. The second kappa shape index (κ2) is 15.2. The van der Waals surface area contributed by atoms with E-state index in [2.05, 4.69) is 64.4 Å². The van der Waals surface area contributed by atoms with Gasteiger partial charge in [-0.25, -0.2) is 19.8 Å². The fraction of sp³-hybridized carbons (Fsp3) is 0.179. The van der Waals surface area contributed by atoms with Crippen LogP contribution in [0.5, 0.6) is 0 Å². The van der Waals surface area contributed by atoms with Gasteiger partial charge in [0.25, 0.3) is 11.8 Å². The fourth-order valence-corrected chi connectivity index (χ4v) is 9.54. The van der Waals surface area contributed by atoms with E-state index < -0.39 is 11.1 Å². The van der Waals surface area contributed by atoms with Gasteiger partial charge in [0, 0.05) is 47.6 Å². The summed E-state index contributed by atoms with van der Waals surface area (Å²) in [6.45, 7) is 5.84. The summed E-state index contributed by atoms with van der Waals surface area (Å²) in [4.78, 5) is 39.3. The van der Waals surface area contributed by atoms with Gasteiger partial charge in [0.05, 0.1) is 23.8 Å². The summed E-state index contributed by atoms with van der Waals surface area (Å²) in [5, 5.41) is 1.89. The van der Waals surface area contributed by atoms with Crippen LogP contribution in [-0.2, 0) is 33.5 Å². The largest absolute Gasteiger partial charge is 0.299 e. The first kappa shape index (κ1) is 39.3. The van der Waals surface area contributed by atoms with Crippen molar-refractivity contribution in [3.05, 3.63) is 147 Å². The van der Waals surface area contributed by atoms with Gasteiger partial charge in [-0.05, 0) is 115 Å². The summed E-state index contributed by atoms with van der Waals surface area (Å²) >= 11 is 33.8. The number of carbonyl (C=O) groups is 2. The predicted octanol–water partition coefficient (Wildman–Crippen LogP) is 12.1. The number of rotatable bonds is 6. The lowest BCUT2D eigenvalue weighted by Crippen LogP contribution is -2.41. The van der Waals surface area contributed by atoms with E-state index >= 15 is 0 Å². The van der Waals surface area contributed by atoms with Crippen LogP contribution in [0.25, 0.3) is 0 Å². The average Bonchev–Trinajstić information content (AvgIpc) is 3.79. The van der Waals surface area contributed by atoms with Crippen molar-refractivity contribution in [1.82, 2.24) is 19.1 Å². The summed E-state index contributed by atoms with van der Waals surface area (Å²) in [5.41, 5.74) is 2.69. The van der Waals surface area contributed by atoms with E-state index in [4.69, 9.17) is 46.4 Å². The smallest absolute Gasteiger partial charge is 0.260 e. The maximum absolute atomic E-state index is 13.6. The van der Waals surface area contributed by atoms with Crippen LogP contribution in [0, 0.1) is 10.6 Å². The second-order valence-electron chi connectivity index (χ2n) is 13.4. The molecule has 8 nitrogen and oxygen atoms in total. The Bertz CT molecular complexity index is 2230. The van der Waals surface area contributed by atoms with Crippen molar-refractivity contribution < 1.29 is 9.59 Å². The first-order valence-corrected chi connectivity index (χ1v) is 20.7. The molecule has 0 saturated heterocycles. The standard InChI is InChI=1S/C20H16BrCl2N3O.C19H13BrCl2IN3O/c1-12-11-24-19-25(17-8-15(22)7-16(23)9-17)18(27)20(2,26(12)19)10-13-3-5-14(21)6-4-13;1-19(9-11-2-4-12(20)5-3-11)17(27)25(18-24-10-16(23)26(18)19)15-7-13(21)6-14(22)8-15/h3-9,11H,10H2,1-2H3;2-8,10H,9H2,1H3. The SMILES string of the molecule is CC1(Cc2ccc(Br)cc2)C(=O)N(c2cc(Cl)cc(Cl)c2)c2ncc(I)n21.Cc1cnc2n1C(C)(Cc1ccc(Br)cc1)C(=O)N2c1cc(Cl)cc(Cl)c1. The summed E-state index contributed by atoms with van der Waals surface area (Å²) in [5.74, 6) is 1.03. The molecule has 4 aromatic carbocycles. The monoisotopic (exact) mass is 1040 g/mol. The van der Waals surface area contributed by atoms with Crippen LogP contribution >= 0.6 is 101 Å². The number of anilines is 4. The normalized spacial score (nSPS) is 18.9. The van der Waals surface area contributed by atoms with Gasteiger partial charge >= 0.3 is 0 Å². The Morgan fingerprint density at radius 3 is 1.41 bits per heavy atom. The highest BCUT2D eigenvalue weighted by molar-refractivity contribution is 14.1. The van der Waals surface area contributed by atoms with Crippen LogP contribution in [0.3, 0.4) is 0 Å². The molecule has 0 aliphatic carbocycles. The molecule has 0 radical (unpaired) electrons. The topological polar surface area (TPSA) is 76.3 Å². The number of halogens is 7. The molecule has 0 fully saturated rings. The average molecular weight is 1040 g/mol. The molecule has 2 unspecified atom stereocenters. The van der Waals surface area contributed by atoms with Crippen LogP contribution < -0.4 is 9.80 Å². The lowest BCUT2D eigenvalue weighted by atomic mass is 9.91. The number of amides is 2. The van der Waals surface area contributed by atoms with E-state index in [0.717, 1.165) is 29.5 Å². The van der Waals surface area contributed by atoms with Crippen molar-refractivity contribution in [3.8, 4) is 0 Å². The van der Waals surface area contributed by atoms with Gasteiger partial charge in [-0.3, -0.25) is 18.7 Å². The van der Waals surface area contributed by atoms with Crippen molar-refractivity contribution in [2.24, 2.45) is 0 Å². The van der Waals surface area contributed by atoms with Gasteiger partial charge in [-0.1, -0.05) is 103 Å². The summed E-state index contributed by atoms with van der Waals surface area (Å²) in [6.07, 6.45) is 4.64. The van der Waals surface area contributed by atoms with Crippen LogP contribution in [0.15, 0.2) is 106 Å². The van der Waals surface area contributed by atoms with E-state index in [1.54, 1.807) is 58.6 Å². The Hall–Kier alpha value is -2.91. The van der Waals surface area contributed by atoms with Crippen molar-refractivity contribution in [1.29, 1.82) is 0 Å². The predicted molar refractivity (Wildman–Crippen MR) is 232 cm³/mol. The number of nitrogens with zero attached hydrogens (tertiary/aromatic N) is 6. The zero-order valence-electron chi connectivity index (χ0n) is 28.8. The quantitative estimate of drug-likeness (QED) is 0.156. The molecule has 0 saturated carbocycles. The molecule has 4 heterocycles. The lowest BCUT2D eigenvalue weighted by molar-refractivity contribution is -0.124. The highest BCUT2D eigenvalue weighted by Crippen LogP contribution is 2.45. The number of carbonyl (C=O) groups excluding carboxylic acids is 2. The first-order valence-electron chi connectivity index (χ1n) is 16.5. The lowest BCUT2D eigenvalue weighted by Gasteiger charge is -2.26. The van der Waals surface area contributed by atoms with Crippen molar-refractivity contribution >= 4 is 136 Å². The molecule has 54 heavy (non-hydrogen) atoms. The third kappa shape index (κ3) is 7.26. The second-order valence-corrected chi connectivity index (χ2v) is 18.1. The first-order chi connectivity index (χ1) is 25.6. The number of aryl methyl sites for hydroxylation is 1. The number of hydrogen-bond acceptors (Lipinski definition) is 4. The third-order valence-electron chi connectivity index (χ3n) is 9.47. The van der Waals surface area contributed by atoms with Crippen molar-refractivity contribution in [3.63, 3.8) is 0 Å². The van der Waals surface area contributed by atoms with Crippen LogP contribution in [0.4, 0.5) is 23.3 Å². The highest BCUT2D eigenvalue weighted by Gasteiger charge is 2.51. The van der Waals surface area contributed by atoms with E-state index in [1.807, 2.05) is 78.4 Å². The zero-order chi connectivity index (χ0) is 38.7. The molecule has 6 aromatic rings. The number of benzene rings is 4. The maximum atomic E-state index is 13.6. The van der Waals surface area contributed by atoms with Gasteiger partial charge < -0.3 is 0 Å². The number of hydrogen-bond donors (Lipinski definition) is 0. The molecule has 15 heteroatoms. The van der Waals surface area contributed by atoms with Crippen LogP contribution in [-0.4, -0.2) is 30.9 Å². The summed E-state index contributed by atoms with van der Waals surface area (Å²) < 4.78 is 6.87. The minimum atomic E-state index is -0.801. The minimum absolute atomic E-state index is 0.0602. The third-order valence-corrected chi connectivity index (χ3v) is 12.2. The molecule has 2 amide bonds. The van der Waals surface area contributed by atoms with Gasteiger partial charge in [-0.2, -0.15) is 0 Å². The molecule has 276 valence electrons. The molecule has 2 aliphatic heterocycles. The summed E-state index contributed by atoms with van der Waals surface area (Å²) in [6, 6.07) is 26.2. The molecule has 2 atom stereocenters. The van der Waals surface area contributed by atoms with Crippen molar-refractivity contribution in [2.75, 3.05) is 9.80 Å². The highest BCUT2D eigenvalue weighted by atomic mass is 127. The molecule has 2 aliphatic rings. The van der Waals surface area contributed by atoms with Gasteiger partial charge in [-0.15, -0.1) is 0 Å². The Morgan fingerprint density at radius 2 is 0.981 bits per heavy atom. The Labute approximate surface area is 362 Å². The minimum Gasteiger partial charge on any atom is -0.299 e. The van der Waals surface area contributed by atoms with Crippen molar-refractivity contribution in [2.45, 2.75) is 44.7 Å². The van der Waals surface area contributed by atoms with Gasteiger partial charge in [0.2, 0.25) is 11.9 Å². The molecule has 0 N–H and O–H groups in total. The maximum Gasteiger partial charge on any atom is 0.260 e. The molecule has 2 aromatic heterocycles. The number of aromatic nitrogens is 4. The molecule has 8 rings (SSSR count). The van der Waals surface area contributed by atoms with Gasteiger partial charge in [0.1, 0.15) is 14.8 Å². The van der Waals surface area contributed by atoms with E-state index in [0.29, 0.717) is 56.2 Å². The zero-order valence-corrected chi connectivity index (χ0v) is 37.2. The fourth-order valence-electron chi connectivity index (χ4n) is 7.09. The Kier molecular flexibility index (Phi) is 11.1. The Balaban J connectivity index is 0.000000167. The van der Waals surface area contributed by atoms with E-state index in [1.165, 1.54) is 0 Å². The summed E-state index contributed by atoms with van der Waals surface area (Å²) in [7, 11) is 0. The molecule has 0 bridgehead atoms. The van der Waals surface area contributed by atoms with Crippen LogP contribution in [0.2, 0.25) is 20.1 Å². The molecular weight excluding hydrogens is 1010 g/mol. The van der Waals surface area contributed by atoms with E-state index in [9.17, 15) is 9.59 Å². The van der Waals surface area contributed by atoms with E-state index in [-0.39, 0.29) is 11.8 Å². The van der Waals surface area contributed by atoms with Gasteiger partial charge in [0.15, 0.2) is 0 Å². The molecule has 0 spiro atoms.